The largest absolute Gasteiger partial charge is 0.367 e. The number of nitrogens with one attached hydrogen (secondary N) is 4. The summed E-state index contributed by atoms with van der Waals surface area (Å²) in [5.74, 6) is 0.861. The summed E-state index contributed by atoms with van der Waals surface area (Å²) in [5.41, 5.74) is 2.02. The number of carbonyl (C=O) groups is 2. The zero-order valence-corrected chi connectivity index (χ0v) is 17.6. The van der Waals surface area contributed by atoms with Crippen LogP contribution in [0.25, 0.3) is 11.7 Å². The Bertz CT molecular complexity index is 1230. The molecule has 3 amide bonds. The second-order valence-corrected chi connectivity index (χ2v) is 8.11. The summed E-state index contributed by atoms with van der Waals surface area (Å²) in [6, 6.07) is 7.05. The molecule has 1 aliphatic heterocycles. The van der Waals surface area contributed by atoms with Gasteiger partial charge in [-0.2, -0.15) is 9.61 Å². The number of rotatable bonds is 6. The first-order chi connectivity index (χ1) is 15.0. The number of amides is 3. The lowest BCUT2D eigenvalue weighted by atomic mass is 10.2. The molecule has 1 aromatic carbocycles. The molecule has 31 heavy (non-hydrogen) atoms. The number of hydrogen-bond donors (Lipinski definition) is 4. The van der Waals surface area contributed by atoms with E-state index >= 15 is 0 Å². The van der Waals surface area contributed by atoms with Gasteiger partial charge in [0.05, 0.1) is 6.20 Å². The van der Waals surface area contributed by atoms with Crippen molar-refractivity contribution in [2.24, 2.45) is 0 Å². The summed E-state index contributed by atoms with van der Waals surface area (Å²) in [4.78, 5) is 28.0. The first-order valence-corrected chi connectivity index (χ1v) is 10.4. The molecule has 5 rings (SSSR count). The molecule has 1 saturated heterocycles. The fraction of sp³-hybridized carbons (Fsp3) is 0.200. The molecule has 0 spiro atoms. The topological polar surface area (TPSA) is 112 Å². The molecule has 0 radical (unpaired) electrons. The lowest BCUT2D eigenvalue weighted by Crippen LogP contribution is -2.22. The van der Waals surface area contributed by atoms with Crippen LogP contribution in [0, 0.1) is 0 Å². The molecule has 9 nitrogen and oxygen atoms in total. The number of benzene rings is 1. The van der Waals surface area contributed by atoms with Gasteiger partial charge in [0.25, 0.3) is 5.91 Å². The highest BCUT2D eigenvalue weighted by molar-refractivity contribution is 6.36. The molecule has 4 N–H and O–H groups in total. The normalized spacial score (nSPS) is 17.2. The van der Waals surface area contributed by atoms with E-state index in [9.17, 15) is 9.59 Å². The van der Waals surface area contributed by atoms with Gasteiger partial charge in [0, 0.05) is 39.8 Å². The Balaban J connectivity index is 1.51. The minimum atomic E-state index is -0.559. The van der Waals surface area contributed by atoms with Gasteiger partial charge in [0.15, 0.2) is 5.65 Å². The molecule has 1 aliphatic carbocycles. The number of fused-ring (bicyclic) bond motifs is 1. The number of urea groups is 1. The van der Waals surface area contributed by atoms with E-state index in [1.165, 1.54) is 0 Å². The average Bonchev–Trinajstić information content (AvgIpc) is 3.36. The summed E-state index contributed by atoms with van der Waals surface area (Å²) in [5, 5.41) is 16.9. The van der Waals surface area contributed by atoms with Gasteiger partial charge in [-0.3, -0.25) is 10.1 Å². The molecule has 0 unspecified atom stereocenters. The van der Waals surface area contributed by atoms with Gasteiger partial charge in [0.1, 0.15) is 17.3 Å². The minimum Gasteiger partial charge on any atom is -0.367 e. The number of anilines is 2. The van der Waals surface area contributed by atoms with Crippen LogP contribution in [0.4, 0.5) is 16.4 Å². The van der Waals surface area contributed by atoms with Crippen LogP contribution in [-0.2, 0) is 11.3 Å². The third kappa shape index (κ3) is 4.01. The Morgan fingerprint density at radius 3 is 2.65 bits per heavy atom. The van der Waals surface area contributed by atoms with Crippen molar-refractivity contribution in [2.75, 3.05) is 10.6 Å². The Kier molecular flexibility index (Phi) is 4.91. The predicted octanol–water partition coefficient (Wildman–Crippen LogP) is 3.40. The quantitative estimate of drug-likeness (QED) is 0.333. The van der Waals surface area contributed by atoms with Crippen molar-refractivity contribution in [2.45, 2.75) is 25.4 Å². The Hall–Kier alpha value is -3.30. The maximum absolute atomic E-state index is 11.9. The summed E-state index contributed by atoms with van der Waals surface area (Å²) in [6.45, 7) is 0.383. The third-order valence-electron chi connectivity index (χ3n) is 4.96. The van der Waals surface area contributed by atoms with Crippen molar-refractivity contribution in [1.29, 1.82) is 0 Å². The number of hydrogen-bond acceptors (Lipinski definition) is 6. The van der Waals surface area contributed by atoms with Crippen LogP contribution in [0.1, 0.15) is 24.0 Å². The lowest BCUT2D eigenvalue weighted by molar-refractivity contribution is -0.115. The van der Waals surface area contributed by atoms with E-state index in [-0.39, 0.29) is 5.70 Å². The van der Waals surface area contributed by atoms with Gasteiger partial charge in [-0.15, -0.1) is 0 Å². The smallest absolute Gasteiger partial charge is 0.326 e. The second kappa shape index (κ2) is 7.75. The molecular formula is C20H17Cl2N7O2. The van der Waals surface area contributed by atoms with Crippen LogP contribution in [0.2, 0.25) is 10.0 Å². The first kappa shape index (κ1) is 19.7. The summed E-state index contributed by atoms with van der Waals surface area (Å²) in [7, 11) is 0. The van der Waals surface area contributed by atoms with E-state index in [4.69, 9.17) is 23.2 Å². The van der Waals surface area contributed by atoms with Crippen molar-refractivity contribution in [3.8, 4) is 0 Å². The molecule has 11 heteroatoms. The van der Waals surface area contributed by atoms with E-state index in [0.717, 1.165) is 24.2 Å². The monoisotopic (exact) mass is 457 g/mol. The molecule has 1 saturated carbocycles. The average molecular weight is 458 g/mol. The Morgan fingerprint density at radius 2 is 1.97 bits per heavy atom. The van der Waals surface area contributed by atoms with Crippen molar-refractivity contribution >= 4 is 58.5 Å². The minimum absolute atomic E-state index is 0.139. The number of nitrogens with zero attached hydrogens (tertiary/aromatic N) is 3. The molecule has 2 fully saturated rings. The first-order valence-electron chi connectivity index (χ1n) is 9.64. The van der Waals surface area contributed by atoms with Crippen molar-refractivity contribution < 1.29 is 9.59 Å². The Morgan fingerprint density at radius 1 is 1.19 bits per heavy atom. The van der Waals surface area contributed by atoms with E-state index in [1.54, 1.807) is 35.0 Å². The predicted molar refractivity (Wildman–Crippen MR) is 118 cm³/mol. The molecule has 2 aromatic heterocycles. The molecule has 2 aliphatic rings. The Labute approximate surface area is 186 Å². The van der Waals surface area contributed by atoms with E-state index in [2.05, 4.69) is 31.3 Å². The maximum atomic E-state index is 11.9. The molecule has 3 aromatic rings. The molecule has 0 atom stereocenters. The van der Waals surface area contributed by atoms with Crippen LogP contribution in [0.3, 0.4) is 0 Å². The lowest BCUT2D eigenvalue weighted by Gasteiger charge is -2.13. The number of aromatic nitrogens is 3. The highest BCUT2D eigenvalue weighted by Gasteiger charge is 2.25. The zero-order valence-electron chi connectivity index (χ0n) is 16.1. The van der Waals surface area contributed by atoms with Crippen LogP contribution < -0.4 is 21.3 Å². The van der Waals surface area contributed by atoms with E-state index < -0.39 is 11.9 Å². The highest BCUT2D eigenvalue weighted by atomic mass is 35.5. The van der Waals surface area contributed by atoms with Gasteiger partial charge >= 0.3 is 6.03 Å². The van der Waals surface area contributed by atoms with Crippen LogP contribution in [0.5, 0.6) is 0 Å². The van der Waals surface area contributed by atoms with Gasteiger partial charge in [-0.1, -0.05) is 29.3 Å². The van der Waals surface area contributed by atoms with Gasteiger partial charge in [-0.05, 0) is 31.1 Å². The van der Waals surface area contributed by atoms with E-state index in [0.29, 0.717) is 39.7 Å². The van der Waals surface area contributed by atoms with Crippen LogP contribution in [-0.4, -0.2) is 32.6 Å². The molecule has 3 heterocycles. The fourth-order valence-corrected chi connectivity index (χ4v) is 3.76. The van der Waals surface area contributed by atoms with Crippen molar-refractivity contribution in [3.63, 3.8) is 0 Å². The second-order valence-electron chi connectivity index (χ2n) is 7.30. The van der Waals surface area contributed by atoms with E-state index in [1.807, 2.05) is 6.07 Å². The summed E-state index contributed by atoms with van der Waals surface area (Å²) < 4.78 is 1.67. The zero-order chi connectivity index (χ0) is 21.5. The van der Waals surface area contributed by atoms with Crippen LogP contribution in [0.15, 0.2) is 36.2 Å². The molecule has 158 valence electrons. The maximum Gasteiger partial charge on any atom is 0.326 e. The molecular weight excluding hydrogens is 441 g/mol. The van der Waals surface area contributed by atoms with Crippen molar-refractivity contribution in [1.82, 2.24) is 25.2 Å². The number of carbonyl (C=O) groups excluding carboxylic acids is 2. The SMILES string of the molecule is O=C1NC(=O)/C(=C/c2cnn3c(NC4CC4)cc(NCc4c(Cl)cccc4Cl)nc23)N1. The summed E-state index contributed by atoms with van der Waals surface area (Å²) in [6.07, 6.45) is 5.32. The third-order valence-corrected chi connectivity index (χ3v) is 5.66. The van der Waals surface area contributed by atoms with Crippen LogP contribution >= 0.6 is 23.2 Å². The standard InChI is InChI=1S/C20H17Cl2N7O2/c21-13-2-1-3-14(22)12(13)9-23-16-7-17(25-11-4-5-11)29-18(27-16)10(8-24-29)6-15-19(30)28-20(31)26-15/h1-3,6-8,11,25H,4-5,9H2,(H,23,27)(H2,26,28,30,31)/b15-6-. The van der Waals surface area contributed by atoms with Gasteiger partial charge in [-0.25, -0.2) is 9.78 Å². The number of halogens is 2. The molecule has 0 bridgehead atoms. The van der Waals surface area contributed by atoms with Crippen molar-refractivity contribution in [3.05, 3.63) is 57.3 Å². The summed E-state index contributed by atoms with van der Waals surface area (Å²) >= 11 is 12.6. The van der Waals surface area contributed by atoms with Gasteiger partial charge in [0.2, 0.25) is 0 Å². The number of imide groups is 1. The van der Waals surface area contributed by atoms with Gasteiger partial charge < -0.3 is 16.0 Å². The fourth-order valence-electron chi connectivity index (χ4n) is 3.23. The highest BCUT2D eigenvalue weighted by Crippen LogP contribution is 2.29.